The van der Waals surface area contributed by atoms with Crippen LogP contribution in [0.5, 0.6) is 0 Å². The first-order valence-electron chi connectivity index (χ1n) is 9.30. The summed E-state index contributed by atoms with van der Waals surface area (Å²) in [5, 5.41) is 0. The third kappa shape index (κ3) is 2.83. The third-order valence-corrected chi connectivity index (χ3v) is 5.81. The van der Waals surface area contributed by atoms with E-state index in [0.29, 0.717) is 5.92 Å². The van der Waals surface area contributed by atoms with Gasteiger partial charge in [0, 0.05) is 11.0 Å². The lowest BCUT2D eigenvalue weighted by atomic mass is 9.93. The van der Waals surface area contributed by atoms with Crippen molar-refractivity contribution in [1.82, 2.24) is 0 Å². The normalized spacial score (nSPS) is 21.2. The molecule has 0 N–H and O–H groups in total. The van der Waals surface area contributed by atoms with Gasteiger partial charge in [-0.15, -0.1) is 5.73 Å². The molecule has 4 rings (SSSR count). The summed E-state index contributed by atoms with van der Waals surface area (Å²) in [6.45, 7) is 6.80. The van der Waals surface area contributed by atoms with Crippen LogP contribution in [0.4, 0.5) is 0 Å². The van der Waals surface area contributed by atoms with E-state index in [-0.39, 0.29) is 5.41 Å². The smallest absolute Gasteiger partial charge is 0.0309 e. The molecule has 3 aromatic carbocycles. The predicted molar refractivity (Wildman–Crippen MR) is 110 cm³/mol. The summed E-state index contributed by atoms with van der Waals surface area (Å²) in [6.07, 6.45) is 0. The van der Waals surface area contributed by atoms with Crippen LogP contribution < -0.4 is 0 Å². The van der Waals surface area contributed by atoms with Crippen molar-refractivity contribution in [2.75, 3.05) is 0 Å². The molecule has 0 saturated heterocycles. The average molecular weight is 336 g/mol. The van der Waals surface area contributed by atoms with Crippen LogP contribution in [0, 0.1) is 12.8 Å². The molecular formula is C26H24. The molecule has 3 aromatic rings. The van der Waals surface area contributed by atoms with Crippen molar-refractivity contribution in [3.63, 3.8) is 0 Å². The van der Waals surface area contributed by atoms with E-state index in [1.165, 1.54) is 33.4 Å². The summed E-state index contributed by atoms with van der Waals surface area (Å²) in [6, 6.07) is 30.2. The van der Waals surface area contributed by atoms with Gasteiger partial charge in [-0.2, -0.15) is 0 Å². The fraction of sp³-hybridized carbons (Fsp3) is 0.192. The van der Waals surface area contributed by atoms with Gasteiger partial charge in [-0.25, -0.2) is 0 Å². The minimum Gasteiger partial charge on any atom is -0.111 e. The lowest BCUT2D eigenvalue weighted by Gasteiger charge is -2.10. The lowest BCUT2D eigenvalue weighted by Crippen LogP contribution is -2.03. The van der Waals surface area contributed by atoms with Gasteiger partial charge in [0.1, 0.15) is 0 Å². The van der Waals surface area contributed by atoms with E-state index in [0.717, 1.165) is 0 Å². The van der Waals surface area contributed by atoms with Gasteiger partial charge in [0.05, 0.1) is 0 Å². The molecule has 0 amide bonds. The van der Waals surface area contributed by atoms with Crippen molar-refractivity contribution in [2.45, 2.75) is 26.2 Å². The van der Waals surface area contributed by atoms with Crippen molar-refractivity contribution in [3.8, 4) is 0 Å². The first-order valence-corrected chi connectivity index (χ1v) is 9.30. The first kappa shape index (κ1) is 16.6. The molecule has 1 aliphatic carbocycles. The Bertz CT molecular complexity index is 930. The van der Waals surface area contributed by atoms with Crippen molar-refractivity contribution >= 4 is 5.57 Å². The quantitative estimate of drug-likeness (QED) is 0.475. The zero-order valence-electron chi connectivity index (χ0n) is 15.7. The largest absolute Gasteiger partial charge is 0.111 e. The van der Waals surface area contributed by atoms with E-state index < -0.39 is 0 Å². The van der Waals surface area contributed by atoms with Gasteiger partial charge in [-0.3, -0.25) is 0 Å². The molecule has 1 aliphatic rings. The Hall–Kier alpha value is -2.82. The molecule has 0 radical (unpaired) electrons. The van der Waals surface area contributed by atoms with E-state index in [1.807, 2.05) is 0 Å². The second-order valence-corrected chi connectivity index (χ2v) is 7.44. The third-order valence-electron chi connectivity index (χ3n) is 5.81. The van der Waals surface area contributed by atoms with Crippen LogP contribution in [0.25, 0.3) is 5.57 Å². The maximum absolute atomic E-state index is 3.81. The highest BCUT2D eigenvalue weighted by atomic mass is 14.6. The number of hydrogen-bond acceptors (Lipinski definition) is 0. The van der Waals surface area contributed by atoms with Crippen LogP contribution >= 0.6 is 0 Å². The Morgan fingerprint density at radius 1 is 0.769 bits per heavy atom. The molecule has 128 valence electrons. The molecule has 1 saturated carbocycles. The van der Waals surface area contributed by atoms with Crippen molar-refractivity contribution in [3.05, 3.63) is 118 Å². The second-order valence-electron chi connectivity index (χ2n) is 7.44. The molecule has 0 nitrogen and oxygen atoms in total. The van der Waals surface area contributed by atoms with E-state index >= 15 is 0 Å². The second kappa shape index (κ2) is 6.48. The van der Waals surface area contributed by atoms with E-state index in [2.05, 4.69) is 111 Å². The topological polar surface area (TPSA) is 0 Å². The van der Waals surface area contributed by atoms with Gasteiger partial charge in [0.15, 0.2) is 0 Å². The summed E-state index contributed by atoms with van der Waals surface area (Å²) in [5.74, 6) is 0.507. The summed E-state index contributed by atoms with van der Waals surface area (Å²) in [4.78, 5) is 0. The number of aryl methyl sites for hydroxylation is 1. The van der Waals surface area contributed by atoms with Crippen molar-refractivity contribution in [1.29, 1.82) is 0 Å². The molecule has 1 fully saturated rings. The van der Waals surface area contributed by atoms with Gasteiger partial charge < -0.3 is 0 Å². The first-order chi connectivity index (χ1) is 12.6. The summed E-state index contributed by atoms with van der Waals surface area (Å²) < 4.78 is 0. The van der Waals surface area contributed by atoms with Gasteiger partial charge in [-0.05, 0) is 35.1 Å². The number of hydrogen-bond donors (Lipinski definition) is 0. The number of benzene rings is 3. The molecule has 0 spiro atoms. The summed E-state index contributed by atoms with van der Waals surface area (Å²) in [7, 11) is 0. The maximum Gasteiger partial charge on any atom is 0.0309 e. The zero-order valence-corrected chi connectivity index (χ0v) is 15.7. The van der Waals surface area contributed by atoms with Gasteiger partial charge in [-0.1, -0.05) is 104 Å². The van der Waals surface area contributed by atoms with Crippen LogP contribution in [0.2, 0.25) is 0 Å². The predicted octanol–water partition coefficient (Wildman–Crippen LogP) is 6.56. The minimum absolute atomic E-state index is 0.0858. The van der Waals surface area contributed by atoms with Crippen LogP contribution in [0.1, 0.15) is 36.1 Å². The molecule has 2 atom stereocenters. The van der Waals surface area contributed by atoms with Crippen LogP contribution in [0.15, 0.2) is 96.2 Å². The minimum atomic E-state index is 0.0858. The Morgan fingerprint density at radius 3 is 1.77 bits per heavy atom. The van der Waals surface area contributed by atoms with Gasteiger partial charge >= 0.3 is 0 Å². The fourth-order valence-corrected chi connectivity index (χ4v) is 3.82. The molecule has 0 heterocycles. The molecule has 26 heavy (non-hydrogen) atoms. The highest BCUT2D eigenvalue weighted by Crippen LogP contribution is 2.59. The molecule has 0 unspecified atom stereocenters. The fourth-order valence-electron chi connectivity index (χ4n) is 3.82. The highest BCUT2D eigenvalue weighted by molar-refractivity contribution is 5.80. The number of rotatable bonds is 3. The van der Waals surface area contributed by atoms with E-state index in [4.69, 9.17) is 0 Å². The van der Waals surface area contributed by atoms with Crippen LogP contribution in [-0.2, 0) is 5.41 Å². The van der Waals surface area contributed by atoms with Crippen molar-refractivity contribution < 1.29 is 0 Å². The lowest BCUT2D eigenvalue weighted by molar-refractivity contribution is 0.706. The Balaban J connectivity index is 1.88. The average Bonchev–Trinajstić information content (AvgIpc) is 3.22. The van der Waals surface area contributed by atoms with Crippen LogP contribution in [0.3, 0.4) is 0 Å². The number of allylic oxidation sites excluding steroid dienone is 1. The Morgan fingerprint density at radius 2 is 1.27 bits per heavy atom. The Labute approximate surface area is 156 Å². The van der Waals surface area contributed by atoms with Gasteiger partial charge in [0.2, 0.25) is 0 Å². The molecule has 0 heteroatoms. The van der Waals surface area contributed by atoms with E-state index in [1.54, 1.807) is 0 Å². The SMILES string of the molecule is Cc1ccc([C@]2(C)C(=C=C(c3ccccc3)c3ccccc3)[C@@H]2C)cc1. The molecule has 0 aromatic heterocycles. The molecular weight excluding hydrogens is 312 g/mol. The summed E-state index contributed by atoms with van der Waals surface area (Å²) in [5.41, 5.74) is 11.6. The standard InChI is InChI=1S/C26H24/c1-19-14-16-23(17-15-19)26(3)20(2)25(26)18-24(21-10-6-4-7-11-21)22-12-8-5-9-13-22/h4-17,20H,1-3H3/t20-,26+/m0/s1. The maximum atomic E-state index is 3.81. The summed E-state index contributed by atoms with van der Waals surface area (Å²) >= 11 is 0. The monoisotopic (exact) mass is 336 g/mol. The highest BCUT2D eigenvalue weighted by Gasteiger charge is 2.54. The van der Waals surface area contributed by atoms with Crippen molar-refractivity contribution in [2.24, 2.45) is 5.92 Å². The molecule has 0 aliphatic heterocycles. The van der Waals surface area contributed by atoms with Gasteiger partial charge in [0.25, 0.3) is 0 Å². The Kier molecular flexibility index (Phi) is 4.15. The van der Waals surface area contributed by atoms with E-state index in [9.17, 15) is 0 Å². The zero-order chi connectivity index (χ0) is 18.1. The van der Waals surface area contributed by atoms with Crippen LogP contribution in [-0.4, -0.2) is 0 Å². The molecule has 0 bridgehead atoms.